The van der Waals surface area contributed by atoms with Crippen molar-refractivity contribution in [3.63, 3.8) is 0 Å². The van der Waals surface area contributed by atoms with Gasteiger partial charge in [-0.2, -0.15) is 0 Å². The minimum atomic E-state index is -2.23. The number of aliphatic hydroxyl groups is 2. The number of carbonyl (C=O) groups is 1. The summed E-state index contributed by atoms with van der Waals surface area (Å²) in [5.74, 6) is -0.913. The quantitative estimate of drug-likeness (QED) is 0.574. The van der Waals surface area contributed by atoms with Crippen LogP contribution in [0.5, 0.6) is 0 Å². The Hall–Kier alpha value is -0.610. The Morgan fingerprint density at radius 3 is 2.43 bits per heavy atom. The van der Waals surface area contributed by atoms with Crippen LogP contribution in [0.15, 0.2) is 0 Å². The molecule has 4 aliphatic rings. The summed E-state index contributed by atoms with van der Waals surface area (Å²) < 4.78 is 25.2. The Morgan fingerprint density at radius 2 is 1.77 bits per heavy atom. The van der Waals surface area contributed by atoms with Crippen molar-refractivity contribution in [3.05, 3.63) is 0 Å². The van der Waals surface area contributed by atoms with Gasteiger partial charge >= 0.3 is 5.97 Å². The molecule has 0 saturated heterocycles. The molecule has 4 aliphatic carbocycles. The summed E-state index contributed by atoms with van der Waals surface area (Å²) in [6.07, 6.45) is 2.85. The van der Waals surface area contributed by atoms with E-state index in [0.717, 1.165) is 44.9 Å². The van der Waals surface area contributed by atoms with Gasteiger partial charge in [0, 0.05) is 9.11 Å². The van der Waals surface area contributed by atoms with E-state index in [2.05, 4.69) is 20.8 Å². The van der Waals surface area contributed by atoms with Crippen LogP contribution in [-0.2, 0) is 4.79 Å². The van der Waals surface area contributed by atoms with Gasteiger partial charge in [0.15, 0.2) is 0 Å². The molecule has 0 aromatic heterocycles. The molecule has 0 aromatic carbocycles. The van der Waals surface area contributed by atoms with E-state index in [-0.39, 0.29) is 64.8 Å². The van der Waals surface area contributed by atoms with Gasteiger partial charge in [0.25, 0.3) is 0 Å². The zero-order valence-corrected chi connectivity index (χ0v) is 19.2. The van der Waals surface area contributed by atoms with Gasteiger partial charge in [-0.15, -0.1) is 0 Å². The summed E-state index contributed by atoms with van der Waals surface area (Å²) in [6.45, 7) is 8.70. The molecule has 0 heterocycles. The second kappa shape index (κ2) is 8.06. The van der Waals surface area contributed by atoms with Gasteiger partial charge in [-0.05, 0) is 104 Å². The third kappa shape index (κ3) is 3.36. The van der Waals surface area contributed by atoms with Crippen molar-refractivity contribution in [3.8, 4) is 0 Å². The van der Waals surface area contributed by atoms with Crippen molar-refractivity contribution in [2.24, 2.45) is 52.3 Å². The van der Waals surface area contributed by atoms with Crippen LogP contribution in [0.2, 0.25) is 0 Å². The Kier molecular flexibility index (Phi) is 5.08. The summed E-state index contributed by atoms with van der Waals surface area (Å²) in [5, 5.41) is 31.6. The molecule has 4 saturated carbocycles. The van der Waals surface area contributed by atoms with Crippen LogP contribution in [0, 0.1) is 52.3 Å². The average molecular weight is 424 g/mol. The standard InChI is InChI=1S/C26H44O4/c1-5-17-21-14-16(27)10-12-26(21,4)20-11-13-25(3)18(15(2)6-9-22(28)29)7-8-19(25)23(20)24(17)30/h15-21,23-24,27,30H,5-14H2,1-4H3,(H,28,29)/t15-,16-,17-,18-,19+,20+,21+,23+,24-,25-,26-/m1/s1/i9D2,24D. The van der Waals surface area contributed by atoms with Crippen molar-refractivity contribution >= 4 is 5.97 Å². The molecular weight excluding hydrogens is 376 g/mol. The van der Waals surface area contributed by atoms with E-state index in [1.165, 1.54) is 0 Å². The van der Waals surface area contributed by atoms with Gasteiger partial charge in [0.1, 0.15) is 0 Å². The number of fused-ring (bicyclic) bond motifs is 5. The van der Waals surface area contributed by atoms with E-state index in [4.69, 9.17) is 2.74 Å². The number of aliphatic hydroxyl groups excluding tert-OH is 1. The van der Waals surface area contributed by atoms with Gasteiger partial charge in [-0.3, -0.25) is 4.79 Å². The van der Waals surface area contributed by atoms with E-state index in [1.807, 2.05) is 6.92 Å². The van der Waals surface area contributed by atoms with Crippen LogP contribution < -0.4 is 0 Å². The van der Waals surface area contributed by atoms with Crippen molar-refractivity contribution in [1.29, 1.82) is 0 Å². The lowest BCUT2D eigenvalue weighted by molar-refractivity contribution is -0.203. The third-order valence-electron chi connectivity index (χ3n) is 10.5. The van der Waals surface area contributed by atoms with Gasteiger partial charge in [-0.25, -0.2) is 0 Å². The molecule has 4 nitrogen and oxygen atoms in total. The third-order valence-corrected chi connectivity index (χ3v) is 10.5. The van der Waals surface area contributed by atoms with Crippen LogP contribution in [0.3, 0.4) is 0 Å². The fourth-order valence-corrected chi connectivity index (χ4v) is 9.03. The lowest BCUT2D eigenvalue weighted by Gasteiger charge is -2.64. The molecule has 172 valence electrons. The van der Waals surface area contributed by atoms with Crippen LogP contribution in [0.25, 0.3) is 0 Å². The molecule has 11 atom stereocenters. The Morgan fingerprint density at radius 1 is 1.10 bits per heavy atom. The predicted octanol–water partition coefficient (Wildman–Crippen LogP) is 5.11. The zero-order valence-electron chi connectivity index (χ0n) is 22.2. The van der Waals surface area contributed by atoms with Gasteiger partial charge in [-0.1, -0.05) is 34.1 Å². The average Bonchev–Trinajstić information content (AvgIpc) is 3.06. The van der Waals surface area contributed by atoms with Crippen molar-refractivity contribution in [2.75, 3.05) is 0 Å². The normalized spacial score (nSPS) is 55.9. The fraction of sp³-hybridized carbons (Fsp3) is 0.962. The molecule has 4 fully saturated rings. The summed E-state index contributed by atoms with van der Waals surface area (Å²) in [4.78, 5) is 11.4. The molecule has 4 rings (SSSR count). The first-order chi connectivity index (χ1) is 15.2. The second-order valence-corrected chi connectivity index (χ2v) is 11.6. The predicted molar refractivity (Wildman–Crippen MR) is 118 cm³/mol. The van der Waals surface area contributed by atoms with Crippen LogP contribution in [0.4, 0.5) is 0 Å². The van der Waals surface area contributed by atoms with E-state index < -0.39 is 18.4 Å². The number of rotatable bonds is 5. The van der Waals surface area contributed by atoms with Crippen molar-refractivity contribution < 1.29 is 24.2 Å². The molecule has 30 heavy (non-hydrogen) atoms. The van der Waals surface area contributed by atoms with E-state index in [9.17, 15) is 21.5 Å². The smallest absolute Gasteiger partial charge is 0.303 e. The first-order valence-corrected chi connectivity index (χ1v) is 12.3. The van der Waals surface area contributed by atoms with Gasteiger partial charge in [0.2, 0.25) is 0 Å². The van der Waals surface area contributed by atoms with E-state index >= 15 is 0 Å². The SMILES string of the molecule is [2H]C([2H])(C[C@@H](C)[C@H]1CC[C@H]2[C@H]3[C@H](CC[C@]12C)[C@@]1(C)CC[C@@H](O)C[C@H]1[C@@H](CC)[C@@]3([2H])O)C(=O)O. The topological polar surface area (TPSA) is 77.8 Å². The molecule has 0 spiro atoms. The van der Waals surface area contributed by atoms with E-state index in [0.29, 0.717) is 6.42 Å². The largest absolute Gasteiger partial charge is 0.481 e. The minimum Gasteiger partial charge on any atom is -0.481 e. The highest BCUT2D eigenvalue weighted by molar-refractivity contribution is 5.66. The molecule has 3 N–H and O–H groups in total. The van der Waals surface area contributed by atoms with Crippen LogP contribution >= 0.6 is 0 Å². The van der Waals surface area contributed by atoms with Gasteiger partial charge < -0.3 is 15.3 Å². The number of hydrogen-bond acceptors (Lipinski definition) is 3. The molecule has 0 bridgehead atoms. The molecule has 4 heteroatoms. The first kappa shape index (κ1) is 18.9. The summed E-state index contributed by atoms with van der Waals surface area (Å²) in [5.41, 5.74) is -0.0798. The molecule has 0 amide bonds. The monoisotopic (exact) mass is 423 g/mol. The number of carboxylic acid groups (broad SMARTS) is 1. The Bertz CT molecular complexity index is 773. The van der Waals surface area contributed by atoms with Crippen molar-refractivity contribution in [1.82, 2.24) is 0 Å². The Labute approximate surface area is 187 Å². The van der Waals surface area contributed by atoms with Crippen LogP contribution in [0.1, 0.15) is 96.0 Å². The molecular formula is C26H44O4. The lowest BCUT2D eigenvalue weighted by Crippen LogP contribution is -2.62. The van der Waals surface area contributed by atoms with Gasteiger partial charge in [0.05, 0.1) is 13.6 Å². The lowest BCUT2D eigenvalue weighted by atomic mass is 9.41. The maximum absolute atomic E-state index is 11.9. The van der Waals surface area contributed by atoms with Crippen molar-refractivity contribution in [2.45, 2.75) is 104 Å². The first-order valence-electron chi connectivity index (χ1n) is 13.8. The highest BCUT2D eigenvalue weighted by Crippen LogP contribution is 2.69. The highest BCUT2D eigenvalue weighted by atomic mass is 16.4. The summed E-state index contributed by atoms with van der Waals surface area (Å²) in [6, 6.07) is 0. The molecule has 0 aliphatic heterocycles. The zero-order chi connectivity index (χ0) is 24.6. The maximum atomic E-state index is 11.9. The minimum absolute atomic E-state index is 0.00378. The maximum Gasteiger partial charge on any atom is 0.303 e. The molecule has 0 radical (unpaired) electrons. The number of aliphatic carboxylic acids is 1. The molecule has 0 aromatic rings. The molecule has 0 unspecified atom stereocenters. The summed E-state index contributed by atoms with van der Waals surface area (Å²) >= 11 is 0. The number of carboxylic acids is 1. The summed E-state index contributed by atoms with van der Waals surface area (Å²) in [7, 11) is 0. The Balaban J connectivity index is 1.67. The fourth-order valence-electron chi connectivity index (χ4n) is 9.03. The second-order valence-electron chi connectivity index (χ2n) is 11.6. The van der Waals surface area contributed by atoms with E-state index in [1.54, 1.807) is 0 Å². The highest BCUT2D eigenvalue weighted by Gasteiger charge is 2.64. The number of hydrogen-bond donors (Lipinski definition) is 3. The van der Waals surface area contributed by atoms with Crippen LogP contribution in [-0.4, -0.2) is 33.5 Å².